The molecule has 0 aliphatic heterocycles. The standard InChI is InChI=1S/C19H24N6O2/c1-13(12-25-15(3)10-14(2)23-25)11-21-17(26)4-5-18-22-19(24-27-18)16-6-8-20-9-7-16/h6-10,13H,4-5,11-12H2,1-3H3,(H,21,26). The molecule has 142 valence electrons. The first-order valence-electron chi connectivity index (χ1n) is 9.02. The van der Waals surface area contributed by atoms with E-state index >= 15 is 0 Å². The Morgan fingerprint density at radius 3 is 2.78 bits per heavy atom. The quantitative estimate of drug-likeness (QED) is 0.655. The molecular weight excluding hydrogens is 344 g/mol. The van der Waals surface area contributed by atoms with Gasteiger partial charge >= 0.3 is 0 Å². The van der Waals surface area contributed by atoms with Crippen molar-refractivity contribution in [2.45, 2.75) is 40.2 Å². The Morgan fingerprint density at radius 1 is 1.30 bits per heavy atom. The Labute approximate surface area is 158 Å². The van der Waals surface area contributed by atoms with Crippen LogP contribution >= 0.6 is 0 Å². The van der Waals surface area contributed by atoms with Crippen molar-refractivity contribution in [3.63, 3.8) is 0 Å². The van der Waals surface area contributed by atoms with Gasteiger partial charge in [0.05, 0.1) is 5.69 Å². The van der Waals surface area contributed by atoms with Gasteiger partial charge in [0.25, 0.3) is 0 Å². The van der Waals surface area contributed by atoms with Crippen LogP contribution in [0.15, 0.2) is 35.1 Å². The Morgan fingerprint density at radius 2 is 2.07 bits per heavy atom. The minimum Gasteiger partial charge on any atom is -0.356 e. The van der Waals surface area contributed by atoms with Gasteiger partial charge in [0.2, 0.25) is 17.6 Å². The van der Waals surface area contributed by atoms with Crippen LogP contribution in [0.1, 0.15) is 30.6 Å². The van der Waals surface area contributed by atoms with E-state index in [0.717, 1.165) is 23.5 Å². The third-order valence-corrected chi connectivity index (χ3v) is 4.21. The maximum absolute atomic E-state index is 12.1. The molecule has 3 rings (SSSR count). The number of pyridine rings is 1. The Kier molecular flexibility index (Phi) is 5.95. The summed E-state index contributed by atoms with van der Waals surface area (Å²) < 4.78 is 7.19. The van der Waals surface area contributed by atoms with Crippen LogP contribution in [-0.4, -0.2) is 37.4 Å². The SMILES string of the molecule is Cc1cc(C)n(CC(C)CNC(=O)CCc2nc(-c3ccncc3)no2)n1. The zero-order valence-corrected chi connectivity index (χ0v) is 15.8. The van der Waals surface area contributed by atoms with Crippen LogP contribution < -0.4 is 5.32 Å². The molecule has 0 saturated carbocycles. The summed E-state index contributed by atoms with van der Waals surface area (Å²) >= 11 is 0. The first kappa shape index (κ1) is 18.8. The predicted octanol–water partition coefficient (Wildman–Crippen LogP) is 2.33. The monoisotopic (exact) mass is 368 g/mol. The van der Waals surface area contributed by atoms with E-state index in [2.05, 4.69) is 38.5 Å². The summed E-state index contributed by atoms with van der Waals surface area (Å²) in [6.07, 6.45) is 4.07. The second-order valence-electron chi connectivity index (χ2n) is 6.77. The third kappa shape index (κ3) is 5.22. The highest BCUT2D eigenvalue weighted by molar-refractivity contribution is 5.76. The number of hydrogen-bond donors (Lipinski definition) is 1. The van der Waals surface area contributed by atoms with Crippen molar-refractivity contribution in [1.82, 2.24) is 30.2 Å². The number of nitrogens with zero attached hydrogens (tertiary/aromatic N) is 5. The molecule has 8 heteroatoms. The molecule has 27 heavy (non-hydrogen) atoms. The summed E-state index contributed by atoms with van der Waals surface area (Å²) in [5, 5.41) is 11.4. The van der Waals surface area contributed by atoms with Crippen LogP contribution in [0.5, 0.6) is 0 Å². The molecule has 0 radical (unpaired) electrons. The van der Waals surface area contributed by atoms with E-state index < -0.39 is 0 Å². The molecule has 1 unspecified atom stereocenters. The molecule has 0 spiro atoms. The lowest BCUT2D eigenvalue weighted by molar-refractivity contribution is -0.121. The first-order chi connectivity index (χ1) is 13.0. The predicted molar refractivity (Wildman–Crippen MR) is 99.7 cm³/mol. The molecular formula is C19H24N6O2. The Balaban J connectivity index is 1.42. The van der Waals surface area contributed by atoms with Crippen LogP contribution in [0.3, 0.4) is 0 Å². The van der Waals surface area contributed by atoms with Crippen LogP contribution in [0, 0.1) is 19.8 Å². The summed E-state index contributed by atoms with van der Waals surface area (Å²) in [5.74, 6) is 1.21. The fraction of sp³-hybridized carbons (Fsp3) is 0.421. The van der Waals surface area contributed by atoms with Gasteiger partial charge in [0, 0.05) is 49.6 Å². The number of rotatable bonds is 8. The fourth-order valence-electron chi connectivity index (χ4n) is 2.79. The van der Waals surface area contributed by atoms with Crippen molar-refractivity contribution >= 4 is 5.91 Å². The van der Waals surface area contributed by atoms with Crippen molar-refractivity contribution in [3.05, 3.63) is 47.9 Å². The molecule has 3 aromatic rings. The van der Waals surface area contributed by atoms with E-state index in [1.54, 1.807) is 12.4 Å². The molecule has 0 fully saturated rings. The minimum atomic E-state index is -0.0288. The molecule has 0 aromatic carbocycles. The highest BCUT2D eigenvalue weighted by Crippen LogP contribution is 2.14. The highest BCUT2D eigenvalue weighted by atomic mass is 16.5. The molecule has 0 aliphatic rings. The van der Waals surface area contributed by atoms with Gasteiger partial charge in [-0.15, -0.1) is 0 Å². The maximum Gasteiger partial charge on any atom is 0.227 e. The molecule has 8 nitrogen and oxygen atoms in total. The van der Waals surface area contributed by atoms with Crippen LogP contribution in [-0.2, 0) is 17.8 Å². The average Bonchev–Trinajstić information content (AvgIpc) is 3.25. The number of hydrogen-bond acceptors (Lipinski definition) is 6. The second-order valence-corrected chi connectivity index (χ2v) is 6.77. The molecule has 0 aliphatic carbocycles. The van der Waals surface area contributed by atoms with Gasteiger partial charge in [0.15, 0.2) is 0 Å². The average molecular weight is 368 g/mol. The van der Waals surface area contributed by atoms with Crippen LogP contribution in [0.4, 0.5) is 0 Å². The smallest absolute Gasteiger partial charge is 0.227 e. The highest BCUT2D eigenvalue weighted by Gasteiger charge is 2.12. The summed E-state index contributed by atoms with van der Waals surface area (Å²) in [4.78, 5) is 20.4. The summed E-state index contributed by atoms with van der Waals surface area (Å²) in [5.41, 5.74) is 2.98. The maximum atomic E-state index is 12.1. The van der Waals surface area contributed by atoms with Gasteiger partial charge in [-0.05, 0) is 38.0 Å². The van der Waals surface area contributed by atoms with Crippen LogP contribution in [0.2, 0.25) is 0 Å². The number of aryl methyl sites for hydroxylation is 3. The minimum absolute atomic E-state index is 0.0288. The van der Waals surface area contributed by atoms with Gasteiger partial charge in [-0.25, -0.2) is 0 Å². The summed E-state index contributed by atoms with van der Waals surface area (Å²) in [6, 6.07) is 5.67. The van der Waals surface area contributed by atoms with E-state index in [0.29, 0.717) is 31.1 Å². The lowest BCUT2D eigenvalue weighted by Crippen LogP contribution is -2.30. The molecule has 0 bridgehead atoms. The van der Waals surface area contributed by atoms with Crippen molar-refractivity contribution < 1.29 is 9.32 Å². The van der Waals surface area contributed by atoms with Crippen molar-refractivity contribution in [2.24, 2.45) is 5.92 Å². The molecule has 0 saturated heterocycles. The van der Waals surface area contributed by atoms with Crippen LogP contribution in [0.25, 0.3) is 11.4 Å². The van der Waals surface area contributed by atoms with Gasteiger partial charge < -0.3 is 9.84 Å². The molecule has 3 aromatic heterocycles. The van der Waals surface area contributed by atoms with Gasteiger partial charge in [-0.3, -0.25) is 14.5 Å². The third-order valence-electron chi connectivity index (χ3n) is 4.21. The molecule has 1 amide bonds. The molecule has 1 N–H and O–H groups in total. The van der Waals surface area contributed by atoms with E-state index in [9.17, 15) is 4.79 Å². The van der Waals surface area contributed by atoms with Gasteiger partial charge in [0.1, 0.15) is 0 Å². The molecule has 3 heterocycles. The number of nitrogens with one attached hydrogen (secondary N) is 1. The molecule has 1 atom stereocenters. The Hall–Kier alpha value is -3.03. The fourth-order valence-corrected chi connectivity index (χ4v) is 2.79. The lowest BCUT2D eigenvalue weighted by atomic mass is 10.1. The number of aromatic nitrogens is 5. The number of amides is 1. The van der Waals surface area contributed by atoms with E-state index in [1.165, 1.54) is 0 Å². The Bertz CT molecular complexity index is 887. The largest absolute Gasteiger partial charge is 0.356 e. The van der Waals surface area contributed by atoms with E-state index in [1.807, 2.05) is 30.7 Å². The zero-order valence-electron chi connectivity index (χ0n) is 15.8. The van der Waals surface area contributed by atoms with Gasteiger partial charge in [-0.1, -0.05) is 12.1 Å². The van der Waals surface area contributed by atoms with Crippen molar-refractivity contribution in [2.75, 3.05) is 6.54 Å². The summed E-state index contributed by atoms with van der Waals surface area (Å²) in [6.45, 7) is 7.49. The topological polar surface area (TPSA) is 98.7 Å². The zero-order chi connectivity index (χ0) is 19.2. The number of carbonyl (C=O) groups excluding carboxylic acids is 1. The second kappa shape index (κ2) is 8.57. The summed E-state index contributed by atoms with van der Waals surface area (Å²) in [7, 11) is 0. The first-order valence-corrected chi connectivity index (χ1v) is 9.02. The lowest BCUT2D eigenvalue weighted by Gasteiger charge is -2.13. The van der Waals surface area contributed by atoms with Crippen molar-refractivity contribution in [1.29, 1.82) is 0 Å². The van der Waals surface area contributed by atoms with E-state index in [4.69, 9.17) is 4.52 Å². The van der Waals surface area contributed by atoms with Crippen molar-refractivity contribution in [3.8, 4) is 11.4 Å². The van der Waals surface area contributed by atoms with E-state index in [-0.39, 0.29) is 11.8 Å². The van der Waals surface area contributed by atoms with Gasteiger partial charge in [-0.2, -0.15) is 10.1 Å². The number of carbonyl (C=O) groups is 1. The normalized spacial score (nSPS) is 12.1.